The van der Waals surface area contributed by atoms with Gasteiger partial charge in [-0.1, -0.05) is 38.2 Å². The van der Waals surface area contributed by atoms with Crippen LogP contribution >= 0.6 is 0 Å². The van der Waals surface area contributed by atoms with Gasteiger partial charge in [-0.3, -0.25) is 0 Å². The molecular weight excluding hydrogens is 200 g/mol. The van der Waals surface area contributed by atoms with Crippen molar-refractivity contribution >= 4 is 0 Å². The zero-order valence-electron chi connectivity index (χ0n) is 11.1. The number of rotatable bonds is 2. The van der Waals surface area contributed by atoms with Crippen molar-refractivity contribution in [2.75, 3.05) is 7.11 Å². The molecule has 1 atom stereocenters. The Kier molecular flexibility index (Phi) is 2.22. The summed E-state index contributed by atoms with van der Waals surface area (Å²) in [6.07, 6.45) is 8.55. The lowest BCUT2D eigenvalue weighted by Crippen LogP contribution is -2.35. The quantitative estimate of drug-likeness (QED) is 0.667. The van der Waals surface area contributed by atoms with E-state index < -0.39 is 5.79 Å². The van der Waals surface area contributed by atoms with Gasteiger partial charge in [0.2, 0.25) is 0 Å². The second-order valence-corrected chi connectivity index (χ2v) is 6.25. The van der Waals surface area contributed by atoms with Crippen LogP contribution in [0.5, 0.6) is 0 Å². The highest BCUT2D eigenvalue weighted by Crippen LogP contribution is 2.77. The standard InChI is InChI=1S/C14H22O2/c1-11(2,3)16-14(15-6)12(4,5)13(14)9-7-8-10-13/h7-10H,1-6H3. The summed E-state index contributed by atoms with van der Waals surface area (Å²) in [5, 5.41) is 0. The molecule has 0 aliphatic heterocycles. The second-order valence-electron chi connectivity index (χ2n) is 6.25. The zero-order valence-corrected chi connectivity index (χ0v) is 11.1. The van der Waals surface area contributed by atoms with Gasteiger partial charge in [-0.15, -0.1) is 0 Å². The molecule has 0 bridgehead atoms. The van der Waals surface area contributed by atoms with E-state index >= 15 is 0 Å². The van der Waals surface area contributed by atoms with Crippen LogP contribution in [0.25, 0.3) is 0 Å². The van der Waals surface area contributed by atoms with Crippen molar-refractivity contribution in [3.8, 4) is 0 Å². The molecule has 2 rings (SSSR count). The van der Waals surface area contributed by atoms with E-state index in [1.807, 2.05) is 0 Å². The maximum atomic E-state index is 6.21. The Morgan fingerprint density at radius 2 is 1.50 bits per heavy atom. The number of ether oxygens (including phenoxy) is 2. The van der Waals surface area contributed by atoms with E-state index in [-0.39, 0.29) is 16.4 Å². The third-order valence-corrected chi connectivity index (χ3v) is 3.91. The van der Waals surface area contributed by atoms with E-state index in [0.29, 0.717) is 0 Å². The molecule has 0 N–H and O–H groups in total. The minimum Gasteiger partial charge on any atom is -0.351 e. The molecule has 2 aliphatic carbocycles. The van der Waals surface area contributed by atoms with E-state index in [1.54, 1.807) is 7.11 Å². The van der Waals surface area contributed by atoms with Crippen molar-refractivity contribution in [1.82, 2.24) is 0 Å². The van der Waals surface area contributed by atoms with Gasteiger partial charge in [-0.05, 0) is 20.8 Å². The lowest BCUT2D eigenvalue weighted by atomic mass is 9.98. The zero-order chi connectivity index (χ0) is 12.2. The molecule has 2 nitrogen and oxygen atoms in total. The molecule has 16 heavy (non-hydrogen) atoms. The highest BCUT2D eigenvalue weighted by Gasteiger charge is 2.84. The topological polar surface area (TPSA) is 18.5 Å². The van der Waals surface area contributed by atoms with Crippen LogP contribution < -0.4 is 0 Å². The first-order valence-corrected chi connectivity index (χ1v) is 5.85. The molecular formula is C14H22O2. The van der Waals surface area contributed by atoms with Crippen molar-refractivity contribution in [2.45, 2.75) is 46.0 Å². The van der Waals surface area contributed by atoms with E-state index in [2.05, 4.69) is 58.9 Å². The second kappa shape index (κ2) is 2.99. The Labute approximate surface area is 98.3 Å². The van der Waals surface area contributed by atoms with Crippen LogP contribution in [0.2, 0.25) is 0 Å². The summed E-state index contributed by atoms with van der Waals surface area (Å²) in [4.78, 5) is 0. The van der Waals surface area contributed by atoms with Crippen molar-refractivity contribution < 1.29 is 9.47 Å². The van der Waals surface area contributed by atoms with Gasteiger partial charge >= 0.3 is 0 Å². The Balaban J connectivity index is 2.38. The van der Waals surface area contributed by atoms with E-state index in [9.17, 15) is 0 Å². The molecule has 0 amide bonds. The van der Waals surface area contributed by atoms with Gasteiger partial charge < -0.3 is 9.47 Å². The fourth-order valence-corrected chi connectivity index (χ4v) is 3.07. The molecule has 2 heteroatoms. The van der Waals surface area contributed by atoms with Gasteiger partial charge in [-0.25, -0.2) is 0 Å². The van der Waals surface area contributed by atoms with Crippen LogP contribution in [0, 0.1) is 10.8 Å². The van der Waals surface area contributed by atoms with Crippen molar-refractivity contribution in [3.63, 3.8) is 0 Å². The van der Waals surface area contributed by atoms with Crippen LogP contribution in [0.3, 0.4) is 0 Å². The largest absolute Gasteiger partial charge is 0.351 e. The number of hydrogen-bond donors (Lipinski definition) is 0. The Morgan fingerprint density at radius 1 is 1.00 bits per heavy atom. The summed E-state index contributed by atoms with van der Waals surface area (Å²) < 4.78 is 12.0. The lowest BCUT2D eigenvalue weighted by molar-refractivity contribution is -0.230. The van der Waals surface area contributed by atoms with Gasteiger partial charge in [0.1, 0.15) is 0 Å². The van der Waals surface area contributed by atoms with Gasteiger partial charge in [0.05, 0.1) is 11.0 Å². The molecule has 0 aromatic carbocycles. The predicted octanol–water partition coefficient (Wildman–Crippen LogP) is 3.30. The SMILES string of the molecule is COC1(OC(C)(C)C)C(C)(C)C12C=CC=C2. The van der Waals surface area contributed by atoms with Crippen LogP contribution in [-0.2, 0) is 9.47 Å². The Hall–Kier alpha value is -0.600. The molecule has 90 valence electrons. The maximum absolute atomic E-state index is 6.21. The van der Waals surface area contributed by atoms with Gasteiger partial charge in [0, 0.05) is 12.5 Å². The summed E-state index contributed by atoms with van der Waals surface area (Å²) in [6.45, 7) is 10.6. The fraction of sp³-hybridized carbons (Fsp3) is 0.714. The summed E-state index contributed by atoms with van der Waals surface area (Å²) in [5.41, 5.74) is -0.325. The first kappa shape index (κ1) is 11.9. The minimum atomic E-state index is -0.526. The molecule has 0 saturated heterocycles. The normalized spacial score (nSPS) is 33.6. The summed E-state index contributed by atoms with van der Waals surface area (Å²) in [6, 6.07) is 0. The average Bonchev–Trinajstić information content (AvgIpc) is 2.59. The van der Waals surface area contributed by atoms with Crippen LogP contribution in [-0.4, -0.2) is 18.5 Å². The van der Waals surface area contributed by atoms with Crippen LogP contribution in [0.15, 0.2) is 24.3 Å². The average molecular weight is 222 g/mol. The summed E-state index contributed by atoms with van der Waals surface area (Å²) >= 11 is 0. The minimum absolute atomic E-state index is 0.0223. The monoisotopic (exact) mass is 222 g/mol. The van der Waals surface area contributed by atoms with E-state index in [4.69, 9.17) is 9.47 Å². The first-order chi connectivity index (χ1) is 7.22. The third kappa shape index (κ3) is 1.15. The molecule has 1 fully saturated rings. The van der Waals surface area contributed by atoms with Crippen LogP contribution in [0.4, 0.5) is 0 Å². The van der Waals surface area contributed by atoms with E-state index in [1.165, 1.54) is 0 Å². The number of hydrogen-bond acceptors (Lipinski definition) is 2. The van der Waals surface area contributed by atoms with Gasteiger partial charge in [-0.2, -0.15) is 0 Å². The van der Waals surface area contributed by atoms with Crippen molar-refractivity contribution in [1.29, 1.82) is 0 Å². The first-order valence-electron chi connectivity index (χ1n) is 5.85. The van der Waals surface area contributed by atoms with Crippen molar-refractivity contribution in [3.05, 3.63) is 24.3 Å². The molecule has 1 unspecified atom stereocenters. The Morgan fingerprint density at radius 3 is 1.88 bits per heavy atom. The highest BCUT2D eigenvalue weighted by atomic mass is 16.7. The molecule has 0 heterocycles. The summed E-state index contributed by atoms with van der Waals surface area (Å²) in [7, 11) is 1.74. The smallest absolute Gasteiger partial charge is 0.188 e. The molecule has 0 aromatic rings. The predicted molar refractivity (Wildman–Crippen MR) is 65.1 cm³/mol. The molecule has 1 spiro atoms. The highest BCUT2D eigenvalue weighted by molar-refractivity contribution is 5.45. The Bertz CT molecular complexity index is 345. The fourth-order valence-electron chi connectivity index (χ4n) is 3.07. The third-order valence-electron chi connectivity index (χ3n) is 3.91. The molecule has 0 radical (unpaired) electrons. The maximum Gasteiger partial charge on any atom is 0.188 e. The van der Waals surface area contributed by atoms with E-state index in [0.717, 1.165) is 0 Å². The number of methoxy groups -OCH3 is 1. The van der Waals surface area contributed by atoms with Gasteiger partial charge in [0.25, 0.3) is 0 Å². The molecule has 0 aromatic heterocycles. The summed E-state index contributed by atoms with van der Waals surface area (Å²) in [5.74, 6) is -0.526. The van der Waals surface area contributed by atoms with Crippen LogP contribution in [0.1, 0.15) is 34.6 Å². The van der Waals surface area contributed by atoms with Gasteiger partial charge in [0.15, 0.2) is 5.79 Å². The van der Waals surface area contributed by atoms with Crippen molar-refractivity contribution in [2.24, 2.45) is 10.8 Å². The molecule has 1 saturated carbocycles. The number of allylic oxidation sites excluding steroid dienone is 2. The lowest BCUT2D eigenvalue weighted by Gasteiger charge is -2.30. The molecule has 2 aliphatic rings.